The Morgan fingerprint density at radius 3 is 2.27 bits per heavy atom. The van der Waals surface area contributed by atoms with E-state index in [1.165, 1.54) is 13.0 Å². The van der Waals surface area contributed by atoms with Gasteiger partial charge in [-0.05, 0) is 37.1 Å². The van der Waals surface area contributed by atoms with Gasteiger partial charge < -0.3 is 5.11 Å². The molecule has 1 aromatic carbocycles. The third-order valence-corrected chi connectivity index (χ3v) is 2.24. The van der Waals surface area contributed by atoms with E-state index in [-0.39, 0.29) is 5.57 Å². The summed E-state index contributed by atoms with van der Waals surface area (Å²) in [6.45, 7) is 2.97. The lowest BCUT2D eigenvalue weighted by atomic mass is 10.0. The summed E-state index contributed by atoms with van der Waals surface area (Å²) in [4.78, 5) is 10.6. The summed E-state index contributed by atoms with van der Waals surface area (Å²) in [5.74, 6) is -3.00. The van der Waals surface area contributed by atoms with E-state index in [9.17, 15) is 13.6 Å². The minimum Gasteiger partial charge on any atom is -0.478 e. The zero-order valence-electron chi connectivity index (χ0n) is 8.34. The quantitative estimate of drug-likeness (QED) is 0.765. The van der Waals surface area contributed by atoms with Gasteiger partial charge in [-0.15, -0.1) is 0 Å². The van der Waals surface area contributed by atoms with Crippen LogP contribution < -0.4 is 0 Å². The molecule has 15 heavy (non-hydrogen) atoms. The zero-order chi connectivity index (χ0) is 11.6. The number of carboxylic acid groups (broad SMARTS) is 1. The molecule has 2 nitrogen and oxygen atoms in total. The average Bonchev–Trinajstić information content (AvgIpc) is 2.19. The Morgan fingerprint density at radius 2 is 1.80 bits per heavy atom. The first kappa shape index (κ1) is 11.4. The molecule has 0 spiro atoms. The lowest BCUT2D eigenvalue weighted by molar-refractivity contribution is -0.132. The number of benzene rings is 1. The van der Waals surface area contributed by atoms with Gasteiger partial charge in [-0.2, -0.15) is 0 Å². The standard InChI is InChI=1S/C11H10F2O2/c1-6(7(2)11(14)15)8-3-4-9(12)10(13)5-8/h3-5H,1-2H3,(H,14,15)/b7-6+. The van der Waals surface area contributed by atoms with E-state index in [4.69, 9.17) is 5.11 Å². The van der Waals surface area contributed by atoms with E-state index < -0.39 is 17.6 Å². The smallest absolute Gasteiger partial charge is 0.331 e. The molecular formula is C11H10F2O2. The van der Waals surface area contributed by atoms with Crippen molar-refractivity contribution in [1.29, 1.82) is 0 Å². The van der Waals surface area contributed by atoms with Crippen LogP contribution in [-0.4, -0.2) is 11.1 Å². The summed E-state index contributed by atoms with van der Waals surface area (Å²) in [6.07, 6.45) is 0. The molecule has 0 aliphatic heterocycles. The largest absolute Gasteiger partial charge is 0.478 e. The first-order chi connectivity index (χ1) is 6.93. The van der Waals surface area contributed by atoms with E-state index in [2.05, 4.69) is 0 Å². The van der Waals surface area contributed by atoms with Crippen molar-refractivity contribution in [1.82, 2.24) is 0 Å². The van der Waals surface area contributed by atoms with Crippen LogP contribution in [0.4, 0.5) is 8.78 Å². The molecule has 0 atom stereocenters. The normalized spacial score (nSPS) is 12.3. The van der Waals surface area contributed by atoms with Crippen LogP contribution in [-0.2, 0) is 4.79 Å². The van der Waals surface area contributed by atoms with Gasteiger partial charge >= 0.3 is 5.97 Å². The van der Waals surface area contributed by atoms with Crippen LogP contribution in [0.5, 0.6) is 0 Å². The number of allylic oxidation sites excluding steroid dienone is 1. The highest BCUT2D eigenvalue weighted by molar-refractivity contribution is 5.95. The predicted molar refractivity (Wildman–Crippen MR) is 52.3 cm³/mol. The molecule has 0 unspecified atom stereocenters. The molecule has 0 heterocycles. The summed E-state index contributed by atoms with van der Waals surface area (Å²) in [5, 5.41) is 8.71. The molecule has 0 aliphatic carbocycles. The first-order valence-corrected chi connectivity index (χ1v) is 4.29. The van der Waals surface area contributed by atoms with Crippen molar-refractivity contribution in [3.63, 3.8) is 0 Å². The maximum atomic E-state index is 12.9. The fourth-order valence-corrected chi connectivity index (χ4v) is 1.11. The highest BCUT2D eigenvalue weighted by Crippen LogP contribution is 2.20. The van der Waals surface area contributed by atoms with Crippen LogP contribution in [0.3, 0.4) is 0 Å². The molecule has 0 saturated heterocycles. The molecule has 1 N–H and O–H groups in total. The molecule has 1 aromatic rings. The second-order valence-electron chi connectivity index (χ2n) is 3.18. The maximum absolute atomic E-state index is 12.9. The maximum Gasteiger partial charge on any atom is 0.331 e. The molecule has 0 saturated carbocycles. The fraction of sp³-hybridized carbons (Fsp3) is 0.182. The van der Waals surface area contributed by atoms with Gasteiger partial charge in [0.25, 0.3) is 0 Å². The first-order valence-electron chi connectivity index (χ1n) is 4.29. The molecule has 0 fully saturated rings. The second kappa shape index (κ2) is 4.21. The Morgan fingerprint density at radius 1 is 1.20 bits per heavy atom. The van der Waals surface area contributed by atoms with Gasteiger partial charge in [0.15, 0.2) is 11.6 Å². The minimum atomic E-state index is -1.07. The molecule has 0 bridgehead atoms. The summed E-state index contributed by atoms with van der Waals surface area (Å²) < 4.78 is 25.5. The summed E-state index contributed by atoms with van der Waals surface area (Å²) in [5.41, 5.74) is 0.899. The number of rotatable bonds is 2. The van der Waals surface area contributed by atoms with Gasteiger partial charge in [0, 0.05) is 5.57 Å². The SMILES string of the molecule is C/C(C(=O)O)=C(/C)c1ccc(F)c(F)c1. The van der Waals surface area contributed by atoms with Gasteiger partial charge in [0.2, 0.25) is 0 Å². The van der Waals surface area contributed by atoms with Crippen LogP contribution in [0, 0.1) is 11.6 Å². The highest BCUT2D eigenvalue weighted by atomic mass is 19.2. The number of hydrogen-bond acceptors (Lipinski definition) is 1. The van der Waals surface area contributed by atoms with Crippen LogP contribution in [0.25, 0.3) is 5.57 Å². The average molecular weight is 212 g/mol. The van der Waals surface area contributed by atoms with Crippen molar-refractivity contribution in [2.45, 2.75) is 13.8 Å². The molecule has 0 aromatic heterocycles. The Hall–Kier alpha value is -1.71. The van der Waals surface area contributed by atoms with E-state index in [1.807, 2.05) is 0 Å². The predicted octanol–water partition coefficient (Wildman–Crippen LogP) is 2.84. The minimum absolute atomic E-state index is 0.112. The summed E-state index contributed by atoms with van der Waals surface area (Å²) >= 11 is 0. The van der Waals surface area contributed by atoms with Crippen molar-refractivity contribution in [2.24, 2.45) is 0 Å². The highest BCUT2D eigenvalue weighted by Gasteiger charge is 2.09. The number of carboxylic acids is 1. The van der Waals surface area contributed by atoms with Crippen LogP contribution in [0.15, 0.2) is 23.8 Å². The van der Waals surface area contributed by atoms with Crippen molar-refractivity contribution in [3.05, 3.63) is 41.0 Å². The van der Waals surface area contributed by atoms with E-state index in [1.54, 1.807) is 6.92 Å². The van der Waals surface area contributed by atoms with Crippen LogP contribution >= 0.6 is 0 Å². The van der Waals surface area contributed by atoms with Gasteiger partial charge in [-0.1, -0.05) is 6.07 Å². The topological polar surface area (TPSA) is 37.3 Å². The number of carbonyl (C=O) groups is 1. The van der Waals surface area contributed by atoms with E-state index in [0.29, 0.717) is 11.1 Å². The van der Waals surface area contributed by atoms with Gasteiger partial charge in [-0.25, -0.2) is 13.6 Å². The molecule has 0 radical (unpaired) electrons. The van der Waals surface area contributed by atoms with Crippen molar-refractivity contribution >= 4 is 11.5 Å². The second-order valence-corrected chi connectivity index (χ2v) is 3.18. The summed E-state index contributed by atoms with van der Waals surface area (Å²) in [7, 11) is 0. The molecule has 0 aliphatic rings. The Kier molecular flexibility index (Phi) is 3.19. The third-order valence-electron chi connectivity index (χ3n) is 2.24. The Labute approximate surface area is 85.9 Å². The number of aliphatic carboxylic acids is 1. The van der Waals surface area contributed by atoms with Gasteiger partial charge in [0.05, 0.1) is 0 Å². The van der Waals surface area contributed by atoms with Crippen molar-refractivity contribution in [3.8, 4) is 0 Å². The van der Waals surface area contributed by atoms with Gasteiger partial charge in [0.1, 0.15) is 0 Å². The zero-order valence-corrected chi connectivity index (χ0v) is 8.34. The van der Waals surface area contributed by atoms with Crippen LogP contribution in [0.2, 0.25) is 0 Å². The fourth-order valence-electron chi connectivity index (χ4n) is 1.11. The lowest BCUT2D eigenvalue weighted by Crippen LogP contribution is -1.99. The monoisotopic (exact) mass is 212 g/mol. The molecular weight excluding hydrogens is 202 g/mol. The van der Waals surface area contributed by atoms with E-state index in [0.717, 1.165) is 12.1 Å². The molecule has 80 valence electrons. The van der Waals surface area contributed by atoms with Crippen molar-refractivity contribution < 1.29 is 18.7 Å². The Bertz CT molecular complexity index is 436. The van der Waals surface area contributed by atoms with Crippen LogP contribution in [0.1, 0.15) is 19.4 Å². The van der Waals surface area contributed by atoms with Crippen molar-refractivity contribution in [2.75, 3.05) is 0 Å². The molecule has 0 amide bonds. The Balaban J connectivity index is 3.23. The number of halogens is 2. The van der Waals surface area contributed by atoms with Gasteiger partial charge in [-0.3, -0.25) is 0 Å². The molecule has 4 heteroatoms. The van der Waals surface area contributed by atoms with E-state index >= 15 is 0 Å². The lowest BCUT2D eigenvalue weighted by Gasteiger charge is -2.04. The molecule has 1 rings (SSSR count). The number of hydrogen-bond donors (Lipinski definition) is 1. The third kappa shape index (κ3) is 2.40. The summed E-state index contributed by atoms with van der Waals surface area (Å²) in [6, 6.07) is 3.31.